The van der Waals surface area contributed by atoms with Gasteiger partial charge in [0, 0.05) is 22.0 Å². The molecule has 130 valence electrons. The van der Waals surface area contributed by atoms with E-state index in [1.165, 1.54) is 0 Å². The van der Waals surface area contributed by atoms with Gasteiger partial charge in [-0.2, -0.15) is 0 Å². The Balaban J connectivity index is 1.79. The predicted octanol–water partition coefficient (Wildman–Crippen LogP) is 4.54. The van der Waals surface area contributed by atoms with Gasteiger partial charge in [0.05, 0.1) is 6.04 Å². The van der Waals surface area contributed by atoms with Crippen LogP contribution in [0.2, 0.25) is 0 Å². The lowest BCUT2D eigenvalue weighted by Crippen LogP contribution is -2.34. The number of nitrogens with one attached hydrogen (secondary N) is 1. The molecule has 1 atom stereocenters. The van der Waals surface area contributed by atoms with E-state index in [2.05, 4.69) is 38.3 Å². The standard InChI is InChI=1S/C20H21BrN2O2/c1-13-16-11-15(21)9-10-18(16)25-19(13)20(24)22-12-17(23(2)3)14-7-5-4-6-8-14/h4-11,17H,12H2,1-3H3,(H,22,24)/t17-/m0/s1. The second kappa shape index (κ2) is 7.42. The summed E-state index contributed by atoms with van der Waals surface area (Å²) in [7, 11) is 4.02. The van der Waals surface area contributed by atoms with Crippen LogP contribution in [-0.4, -0.2) is 31.4 Å². The minimum Gasteiger partial charge on any atom is -0.451 e. The van der Waals surface area contributed by atoms with Crippen LogP contribution in [0.25, 0.3) is 11.0 Å². The third-order valence-electron chi connectivity index (χ3n) is 4.37. The molecule has 3 rings (SSSR count). The summed E-state index contributed by atoms with van der Waals surface area (Å²) >= 11 is 3.46. The number of carbonyl (C=O) groups excluding carboxylic acids is 1. The van der Waals surface area contributed by atoms with Gasteiger partial charge >= 0.3 is 0 Å². The number of aryl methyl sites for hydroxylation is 1. The van der Waals surface area contributed by atoms with E-state index in [0.29, 0.717) is 12.3 Å². The Labute approximate surface area is 155 Å². The maximum absolute atomic E-state index is 12.6. The normalized spacial score (nSPS) is 12.5. The third-order valence-corrected chi connectivity index (χ3v) is 4.86. The van der Waals surface area contributed by atoms with Crippen molar-refractivity contribution in [1.82, 2.24) is 10.2 Å². The zero-order chi connectivity index (χ0) is 18.0. The summed E-state index contributed by atoms with van der Waals surface area (Å²) in [5.74, 6) is 0.186. The van der Waals surface area contributed by atoms with E-state index in [4.69, 9.17) is 4.42 Å². The van der Waals surface area contributed by atoms with Crippen LogP contribution >= 0.6 is 15.9 Å². The van der Waals surface area contributed by atoms with Crippen molar-refractivity contribution in [2.45, 2.75) is 13.0 Å². The maximum Gasteiger partial charge on any atom is 0.287 e. The second-order valence-electron chi connectivity index (χ2n) is 6.30. The smallest absolute Gasteiger partial charge is 0.287 e. The summed E-state index contributed by atoms with van der Waals surface area (Å²) in [6, 6.07) is 16.0. The lowest BCUT2D eigenvalue weighted by atomic mass is 10.1. The van der Waals surface area contributed by atoms with Gasteiger partial charge in [-0.15, -0.1) is 0 Å². The molecule has 0 aliphatic heterocycles. The molecule has 1 amide bonds. The number of hydrogen-bond acceptors (Lipinski definition) is 3. The number of carbonyl (C=O) groups is 1. The van der Waals surface area contributed by atoms with Crippen LogP contribution in [0.1, 0.15) is 27.7 Å². The molecule has 0 unspecified atom stereocenters. The van der Waals surface area contributed by atoms with Crippen molar-refractivity contribution in [3.8, 4) is 0 Å². The fraction of sp³-hybridized carbons (Fsp3) is 0.250. The van der Waals surface area contributed by atoms with Gasteiger partial charge in [0.1, 0.15) is 5.58 Å². The lowest BCUT2D eigenvalue weighted by molar-refractivity contribution is 0.0915. The number of halogens is 1. The predicted molar refractivity (Wildman–Crippen MR) is 104 cm³/mol. The lowest BCUT2D eigenvalue weighted by Gasteiger charge is -2.25. The quantitative estimate of drug-likeness (QED) is 0.683. The fourth-order valence-electron chi connectivity index (χ4n) is 2.95. The van der Waals surface area contributed by atoms with Crippen LogP contribution in [-0.2, 0) is 0 Å². The fourth-order valence-corrected chi connectivity index (χ4v) is 3.31. The van der Waals surface area contributed by atoms with Crippen molar-refractivity contribution < 1.29 is 9.21 Å². The molecular formula is C20H21BrN2O2. The van der Waals surface area contributed by atoms with Crippen LogP contribution in [0.15, 0.2) is 57.4 Å². The zero-order valence-corrected chi connectivity index (χ0v) is 16.1. The Morgan fingerprint density at radius 3 is 2.60 bits per heavy atom. The number of furan rings is 1. The summed E-state index contributed by atoms with van der Waals surface area (Å²) in [6.45, 7) is 2.42. The molecule has 5 heteroatoms. The highest BCUT2D eigenvalue weighted by atomic mass is 79.9. The zero-order valence-electron chi connectivity index (χ0n) is 14.5. The van der Waals surface area contributed by atoms with E-state index in [9.17, 15) is 4.79 Å². The van der Waals surface area contributed by atoms with Crippen LogP contribution in [0.4, 0.5) is 0 Å². The first-order valence-electron chi connectivity index (χ1n) is 8.15. The van der Waals surface area contributed by atoms with Crippen molar-refractivity contribution in [2.24, 2.45) is 0 Å². The molecule has 0 radical (unpaired) electrons. The molecular weight excluding hydrogens is 380 g/mol. The van der Waals surface area contributed by atoms with Gasteiger partial charge in [0.15, 0.2) is 5.76 Å². The highest BCUT2D eigenvalue weighted by Gasteiger charge is 2.20. The molecule has 25 heavy (non-hydrogen) atoms. The summed E-state index contributed by atoms with van der Waals surface area (Å²) in [5.41, 5.74) is 2.74. The van der Waals surface area contributed by atoms with Gasteiger partial charge in [-0.05, 0) is 44.8 Å². The largest absolute Gasteiger partial charge is 0.451 e. The first-order valence-corrected chi connectivity index (χ1v) is 8.95. The number of hydrogen-bond donors (Lipinski definition) is 1. The summed E-state index contributed by atoms with van der Waals surface area (Å²) < 4.78 is 6.73. The van der Waals surface area contributed by atoms with Gasteiger partial charge in [-0.3, -0.25) is 4.79 Å². The Kier molecular flexibility index (Phi) is 5.25. The van der Waals surface area contributed by atoms with E-state index in [1.54, 1.807) is 0 Å². The van der Waals surface area contributed by atoms with Crippen molar-refractivity contribution in [3.05, 3.63) is 69.9 Å². The van der Waals surface area contributed by atoms with Gasteiger partial charge in [0.2, 0.25) is 0 Å². The summed E-state index contributed by atoms with van der Waals surface area (Å²) in [6.07, 6.45) is 0. The number of likely N-dealkylation sites (N-methyl/N-ethyl adjacent to an activating group) is 1. The molecule has 0 aliphatic rings. The van der Waals surface area contributed by atoms with Crippen LogP contribution in [0, 0.1) is 6.92 Å². The number of amides is 1. The molecule has 2 aromatic carbocycles. The molecule has 1 heterocycles. The monoisotopic (exact) mass is 400 g/mol. The van der Waals surface area contributed by atoms with E-state index >= 15 is 0 Å². The molecule has 0 saturated heterocycles. The van der Waals surface area contributed by atoms with Gasteiger partial charge < -0.3 is 14.6 Å². The SMILES string of the molecule is Cc1c(C(=O)NC[C@@H](c2ccccc2)N(C)C)oc2ccc(Br)cc12. The Morgan fingerprint density at radius 2 is 1.92 bits per heavy atom. The Bertz CT molecular complexity index is 887. The minimum absolute atomic E-state index is 0.101. The average Bonchev–Trinajstić information content (AvgIpc) is 2.92. The van der Waals surface area contributed by atoms with Crippen LogP contribution < -0.4 is 5.32 Å². The van der Waals surface area contributed by atoms with E-state index in [0.717, 1.165) is 26.6 Å². The van der Waals surface area contributed by atoms with Crippen molar-refractivity contribution in [1.29, 1.82) is 0 Å². The highest BCUT2D eigenvalue weighted by molar-refractivity contribution is 9.10. The molecule has 0 aliphatic carbocycles. The summed E-state index contributed by atoms with van der Waals surface area (Å²) in [5, 5.41) is 3.96. The third kappa shape index (κ3) is 3.78. The Morgan fingerprint density at radius 1 is 1.20 bits per heavy atom. The molecule has 0 bridgehead atoms. The molecule has 0 saturated carbocycles. The van der Waals surface area contributed by atoms with Crippen molar-refractivity contribution in [2.75, 3.05) is 20.6 Å². The van der Waals surface area contributed by atoms with E-state index in [-0.39, 0.29) is 11.9 Å². The molecule has 1 N–H and O–H groups in total. The summed E-state index contributed by atoms with van der Waals surface area (Å²) in [4.78, 5) is 14.7. The number of benzene rings is 2. The highest BCUT2D eigenvalue weighted by Crippen LogP contribution is 2.28. The van der Waals surface area contributed by atoms with Gasteiger partial charge in [-0.1, -0.05) is 46.3 Å². The molecule has 4 nitrogen and oxygen atoms in total. The first-order chi connectivity index (χ1) is 12.0. The van der Waals surface area contributed by atoms with Gasteiger partial charge in [0.25, 0.3) is 5.91 Å². The second-order valence-corrected chi connectivity index (χ2v) is 7.21. The van der Waals surface area contributed by atoms with E-state index < -0.39 is 0 Å². The van der Waals surface area contributed by atoms with Crippen LogP contribution in [0.3, 0.4) is 0 Å². The number of rotatable bonds is 5. The molecule has 0 fully saturated rings. The van der Waals surface area contributed by atoms with Crippen molar-refractivity contribution >= 4 is 32.8 Å². The topological polar surface area (TPSA) is 45.5 Å². The number of fused-ring (bicyclic) bond motifs is 1. The van der Waals surface area contributed by atoms with Crippen molar-refractivity contribution in [3.63, 3.8) is 0 Å². The maximum atomic E-state index is 12.6. The molecule has 0 spiro atoms. The van der Waals surface area contributed by atoms with Crippen LogP contribution in [0.5, 0.6) is 0 Å². The van der Waals surface area contributed by atoms with E-state index in [1.807, 2.05) is 57.4 Å². The molecule has 3 aromatic rings. The average molecular weight is 401 g/mol. The number of nitrogens with zero attached hydrogens (tertiary/aromatic N) is 1. The Hall–Kier alpha value is -2.11. The first kappa shape index (κ1) is 17.7. The minimum atomic E-state index is -0.187. The molecule has 1 aromatic heterocycles. The van der Waals surface area contributed by atoms with Gasteiger partial charge in [-0.25, -0.2) is 0 Å².